The summed E-state index contributed by atoms with van der Waals surface area (Å²) in [6, 6.07) is -0.826. The van der Waals surface area contributed by atoms with Crippen LogP contribution >= 0.6 is 0 Å². The molecular weight excluding hydrogens is 320 g/mol. The largest absolute Gasteiger partial charge is 0.480 e. The third-order valence-corrected chi connectivity index (χ3v) is 5.79. The average molecular weight is 348 g/mol. The number of carbonyl (C=O) groups excluding carboxylic acids is 1. The Balaban J connectivity index is 1.67. The lowest BCUT2D eigenvalue weighted by Gasteiger charge is -2.37. The van der Waals surface area contributed by atoms with E-state index in [-0.39, 0.29) is 24.9 Å². The molecule has 138 valence electrons. The molecule has 0 aromatic carbocycles. The number of unbranched alkanes of at least 4 members (excludes halogenated alkanes) is 1. The minimum absolute atomic E-state index is 0.0201. The number of hydrogen-bond donors (Lipinski definition) is 1. The van der Waals surface area contributed by atoms with Gasteiger partial charge >= 0.3 is 5.97 Å². The minimum atomic E-state index is -0.955. The van der Waals surface area contributed by atoms with E-state index >= 15 is 0 Å². The van der Waals surface area contributed by atoms with Gasteiger partial charge in [-0.05, 0) is 38.5 Å². The van der Waals surface area contributed by atoms with Crippen LogP contribution < -0.4 is 0 Å². The van der Waals surface area contributed by atoms with Gasteiger partial charge in [0.05, 0.1) is 13.1 Å². The number of carbonyl (C=O) groups is 2. The van der Waals surface area contributed by atoms with Crippen LogP contribution in [-0.2, 0) is 22.7 Å². The highest BCUT2D eigenvalue weighted by molar-refractivity contribution is 5.85. The Hall–Kier alpha value is -1.92. The molecule has 1 aromatic heterocycles. The van der Waals surface area contributed by atoms with E-state index in [4.69, 9.17) is 0 Å². The fraction of sp³-hybridized carbons (Fsp3) is 0.778. The van der Waals surface area contributed by atoms with Crippen LogP contribution in [0, 0.1) is 18.8 Å². The molecule has 1 amide bonds. The van der Waals surface area contributed by atoms with E-state index in [1.807, 2.05) is 11.5 Å². The second kappa shape index (κ2) is 7.54. The quantitative estimate of drug-likeness (QED) is 0.882. The summed E-state index contributed by atoms with van der Waals surface area (Å²) in [5, 5.41) is 17.7. The van der Waals surface area contributed by atoms with Crippen LogP contribution in [-0.4, -0.2) is 42.7 Å². The standard InChI is InChI=1S/C18H28N4O3/c1-3-4-5-13-6-8-14(9-7-13)17(23)22-11-16-20-19-12(2)21(16)10-15(22)18(24)25/h13-15H,3-11H2,1-2H3,(H,24,25). The van der Waals surface area contributed by atoms with Crippen molar-refractivity contribution < 1.29 is 14.7 Å². The van der Waals surface area contributed by atoms with Crippen molar-refractivity contribution in [2.75, 3.05) is 0 Å². The molecule has 1 aliphatic heterocycles. The Kier molecular flexibility index (Phi) is 5.39. The van der Waals surface area contributed by atoms with Crippen molar-refractivity contribution in [1.82, 2.24) is 19.7 Å². The van der Waals surface area contributed by atoms with E-state index in [0.29, 0.717) is 11.6 Å². The minimum Gasteiger partial charge on any atom is -0.480 e. The predicted octanol–water partition coefficient (Wildman–Crippen LogP) is 2.38. The molecule has 2 aliphatic rings. The van der Waals surface area contributed by atoms with Crippen LogP contribution in [0.3, 0.4) is 0 Å². The predicted molar refractivity (Wildman–Crippen MR) is 91.7 cm³/mol. The van der Waals surface area contributed by atoms with Gasteiger partial charge in [-0.2, -0.15) is 0 Å². The van der Waals surface area contributed by atoms with E-state index in [0.717, 1.165) is 31.6 Å². The molecule has 1 atom stereocenters. The van der Waals surface area contributed by atoms with Crippen molar-refractivity contribution in [3.8, 4) is 0 Å². The molecule has 1 unspecified atom stereocenters. The van der Waals surface area contributed by atoms with Crippen LogP contribution in [0.25, 0.3) is 0 Å². The fourth-order valence-corrected chi connectivity index (χ4v) is 4.18. The van der Waals surface area contributed by atoms with E-state index in [1.54, 1.807) is 0 Å². The molecule has 1 saturated carbocycles. The maximum Gasteiger partial charge on any atom is 0.328 e. The highest BCUT2D eigenvalue weighted by Gasteiger charge is 2.39. The maximum absolute atomic E-state index is 13.0. The number of carboxylic acids is 1. The third-order valence-electron chi connectivity index (χ3n) is 5.79. The van der Waals surface area contributed by atoms with Crippen molar-refractivity contribution in [2.24, 2.45) is 11.8 Å². The molecule has 1 aliphatic carbocycles. The zero-order chi connectivity index (χ0) is 18.0. The number of fused-ring (bicyclic) bond motifs is 1. The highest BCUT2D eigenvalue weighted by Crippen LogP contribution is 2.34. The second-order valence-electron chi connectivity index (χ2n) is 7.45. The van der Waals surface area contributed by atoms with Crippen LogP contribution in [0.5, 0.6) is 0 Å². The van der Waals surface area contributed by atoms with Gasteiger partial charge in [0.1, 0.15) is 11.9 Å². The summed E-state index contributed by atoms with van der Waals surface area (Å²) in [4.78, 5) is 26.2. The molecule has 7 heteroatoms. The molecule has 3 rings (SSSR count). The molecule has 1 fully saturated rings. The lowest BCUT2D eigenvalue weighted by molar-refractivity contribution is -0.155. The van der Waals surface area contributed by atoms with Gasteiger partial charge in [0, 0.05) is 5.92 Å². The summed E-state index contributed by atoms with van der Waals surface area (Å²) in [5.74, 6) is 1.09. The van der Waals surface area contributed by atoms with Gasteiger partial charge in [0.15, 0.2) is 5.82 Å². The Morgan fingerprint density at radius 2 is 1.92 bits per heavy atom. The van der Waals surface area contributed by atoms with Gasteiger partial charge in [-0.25, -0.2) is 4.79 Å². The summed E-state index contributed by atoms with van der Waals surface area (Å²) >= 11 is 0. The van der Waals surface area contributed by atoms with Crippen molar-refractivity contribution in [3.63, 3.8) is 0 Å². The second-order valence-corrected chi connectivity index (χ2v) is 7.45. The Morgan fingerprint density at radius 1 is 1.20 bits per heavy atom. The monoisotopic (exact) mass is 348 g/mol. The number of hydrogen-bond acceptors (Lipinski definition) is 4. The summed E-state index contributed by atoms with van der Waals surface area (Å²) in [5.41, 5.74) is 0. The van der Waals surface area contributed by atoms with Crippen molar-refractivity contribution in [1.29, 1.82) is 0 Å². The van der Waals surface area contributed by atoms with Crippen LogP contribution in [0.15, 0.2) is 0 Å². The first-order chi connectivity index (χ1) is 12.0. The van der Waals surface area contributed by atoms with Gasteiger partial charge in [-0.15, -0.1) is 10.2 Å². The summed E-state index contributed by atoms with van der Waals surface area (Å²) in [6.07, 6.45) is 7.64. The number of aliphatic carboxylic acids is 1. The highest BCUT2D eigenvalue weighted by atomic mass is 16.4. The molecular formula is C18H28N4O3. The fourth-order valence-electron chi connectivity index (χ4n) is 4.18. The Morgan fingerprint density at radius 3 is 2.56 bits per heavy atom. The first-order valence-corrected chi connectivity index (χ1v) is 9.43. The Bertz CT molecular complexity index is 634. The number of aryl methyl sites for hydroxylation is 1. The number of rotatable bonds is 5. The van der Waals surface area contributed by atoms with Crippen LogP contribution in [0.1, 0.15) is 63.5 Å². The molecule has 7 nitrogen and oxygen atoms in total. The molecule has 0 saturated heterocycles. The molecule has 2 heterocycles. The van der Waals surface area contributed by atoms with Crippen molar-refractivity contribution in [3.05, 3.63) is 11.6 Å². The number of nitrogens with zero attached hydrogens (tertiary/aromatic N) is 4. The van der Waals surface area contributed by atoms with E-state index in [1.165, 1.54) is 24.2 Å². The number of carboxylic acid groups (broad SMARTS) is 1. The molecule has 25 heavy (non-hydrogen) atoms. The zero-order valence-electron chi connectivity index (χ0n) is 15.1. The van der Waals surface area contributed by atoms with Crippen molar-refractivity contribution >= 4 is 11.9 Å². The summed E-state index contributed by atoms with van der Waals surface area (Å²) in [7, 11) is 0. The average Bonchev–Trinajstić information content (AvgIpc) is 2.99. The number of aromatic nitrogens is 3. The van der Waals surface area contributed by atoms with Crippen LogP contribution in [0.2, 0.25) is 0 Å². The van der Waals surface area contributed by atoms with Gasteiger partial charge < -0.3 is 14.6 Å². The lowest BCUT2D eigenvalue weighted by Crippen LogP contribution is -2.52. The van der Waals surface area contributed by atoms with E-state index < -0.39 is 12.0 Å². The normalized spacial score (nSPS) is 26.3. The molecule has 0 bridgehead atoms. The molecule has 0 radical (unpaired) electrons. The topological polar surface area (TPSA) is 88.3 Å². The molecule has 1 aromatic rings. The van der Waals surface area contributed by atoms with Crippen LogP contribution in [0.4, 0.5) is 0 Å². The number of amides is 1. The Labute approximate surface area is 148 Å². The molecule has 1 N–H and O–H groups in total. The smallest absolute Gasteiger partial charge is 0.328 e. The lowest BCUT2D eigenvalue weighted by atomic mass is 9.79. The summed E-state index contributed by atoms with van der Waals surface area (Å²) in [6.45, 7) is 4.50. The maximum atomic E-state index is 13.0. The van der Waals surface area contributed by atoms with E-state index in [2.05, 4.69) is 17.1 Å². The van der Waals surface area contributed by atoms with Gasteiger partial charge in [-0.1, -0.05) is 26.2 Å². The third kappa shape index (κ3) is 3.70. The first kappa shape index (κ1) is 17.9. The van der Waals surface area contributed by atoms with E-state index in [9.17, 15) is 14.7 Å². The van der Waals surface area contributed by atoms with Gasteiger partial charge in [0.2, 0.25) is 5.91 Å². The summed E-state index contributed by atoms with van der Waals surface area (Å²) < 4.78 is 1.81. The first-order valence-electron chi connectivity index (χ1n) is 9.43. The van der Waals surface area contributed by atoms with Gasteiger partial charge in [-0.3, -0.25) is 4.79 Å². The van der Waals surface area contributed by atoms with Gasteiger partial charge in [0.25, 0.3) is 0 Å². The molecule has 0 spiro atoms. The zero-order valence-corrected chi connectivity index (χ0v) is 15.1. The van der Waals surface area contributed by atoms with Crippen molar-refractivity contribution in [2.45, 2.75) is 77.9 Å². The SMILES string of the molecule is CCCCC1CCC(C(=O)N2Cc3nnc(C)n3CC2C(=O)O)CC1.